The molecule has 3 nitrogen and oxygen atoms in total. The van der Waals surface area contributed by atoms with E-state index in [4.69, 9.17) is 0 Å². The summed E-state index contributed by atoms with van der Waals surface area (Å²) in [5, 5.41) is 13.2. The van der Waals surface area contributed by atoms with E-state index in [1.807, 2.05) is 12.1 Å². The minimum Gasteiger partial charge on any atom is -0.508 e. The van der Waals surface area contributed by atoms with Crippen molar-refractivity contribution in [2.24, 2.45) is 5.92 Å². The Morgan fingerprint density at radius 2 is 2.00 bits per heavy atom. The zero-order valence-electron chi connectivity index (χ0n) is 11.7. The maximum absolute atomic E-state index is 9.77. The van der Waals surface area contributed by atoms with Crippen LogP contribution in [0.3, 0.4) is 0 Å². The van der Waals surface area contributed by atoms with E-state index < -0.39 is 0 Å². The molecule has 1 fully saturated rings. The number of rotatable bonds is 4. The predicted octanol–water partition coefficient (Wildman–Crippen LogP) is 3.15. The molecule has 19 heavy (non-hydrogen) atoms. The number of piperazine rings is 1. The molecule has 1 heterocycles. The van der Waals surface area contributed by atoms with Crippen LogP contribution in [0.25, 0.3) is 0 Å². The zero-order chi connectivity index (χ0) is 13.8. The lowest BCUT2D eigenvalue weighted by Gasteiger charge is -2.36. The Hall–Kier alpha value is -0.580. The lowest BCUT2D eigenvalue weighted by atomic mass is 9.95. The molecule has 0 aromatic heterocycles. The molecule has 1 aliphatic rings. The first kappa shape index (κ1) is 14.8. The Bertz CT molecular complexity index is 417. The minimum atomic E-state index is 0.349. The predicted molar refractivity (Wildman–Crippen MR) is 82.4 cm³/mol. The third-order valence-corrected chi connectivity index (χ3v) is 4.35. The Balaban J connectivity index is 2.27. The summed E-state index contributed by atoms with van der Waals surface area (Å²) < 4.78 is 1.09. The van der Waals surface area contributed by atoms with Gasteiger partial charge in [-0.3, -0.25) is 4.90 Å². The molecule has 4 heteroatoms. The van der Waals surface area contributed by atoms with Crippen LogP contribution in [0.1, 0.15) is 31.9 Å². The molecule has 1 aromatic carbocycles. The van der Waals surface area contributed by atoms with E-state index in [9.17, 15) is 5.11 Å². The van der Waals surface area contributed by atoms with Crippen molar-refractivity contribution in [2.75, 3.05) is 26.2 Å². The number of phenolic OH excluding ortho intramolecular Hbond substituents is 1. The third-order valence-electron chi connectivity index (χ3n) is 3.63. The van der Waals surface area contributed by atoms with Crippen molar-refractivity contribution in [2.45, 2.75) is 26.3 Å². The molecule has 0 unspecified atom stereocenters. The summed E-state index contributed by atoms with van der Waals surface area (Å²) in [4.78, 5) is 2.52. The van der Waals surface area contributed by atoms with Crippen LogP contribution in [-0.2, 0) is 0 Å². The first-order valence-corrected chi connectivity index (χ1v) is 7.80. The van der Waals surface area contributed by atoms with E-state index in [2.05, 4.69) is 40.0 Å². The first-order valence-electron chi connectivity index (χ1n) is 7.01. The average Bonchev–Trinajstić information content (AvgIpc) is 2.40. The van der Waals surface area contributed by atoms with Crippen LogP contribution in [0.15, 0.2) is 22.7 Å². The number of nitrogens with one attached hydrogen (secondary N) is 1. The number of benzene rings is 1. The molecule has 0 radical (unpaired) electrons. The molecule has 106 valence electrons. The molecule has 1 atom stereocenters. The summed E-state index contributed by atoms with van der Waals surface area (Å²) in [5.41, 5.74) is 1.20. The van der Waals surface area contributed by atoms with E-state index in [0.717, 1.165) is 37.1 Å². The smallest absolute Gasteiger partial charge is 0.115 e. The van der Waals surface area contributed by atoms with Gasteiger partial charge in [-0.15, -0.1) is 0 Å². The largest absolute Gasteiger partial charge is 0.508 e. The van der Waals surface area contributed by atoms with E-state index >= 15 is 0 Å². The SMILES string of the molecule is CC(C)C[C@H](c1cc(O)ccc1Br)N1CCNCC1. The van der Waals surface area contributed by atoms with Crippen LogP contribution in [0.4, 0.5) is 0 Å². The molecule has 1 saturated heterocycles. The second-order valence-electron chi connectivity index (χ2n) is 5.64. The van der Waals surface area contributed by atoms with Crippen LogP contribution in [0.2, 0.25) is 0 Å². The monoisotopic (exact) mass is 326 g/mol. The molecule has 2 N–H and O–H groups in total. The lowest BCUT2D eigenvalue weighted by Crippen LogP contribution is -2.45. The zero-order valence-corrected chi connectivity index (χ0v) is 13.3. The number of halogens is 1. The molecular formula is C15H23BrN2O. The van der Waals surface area contributed by atoms with Crippen LogP contribution < -0.4 is 5.32 Å². The number of hydrogen-bond donors (Lipinski definition) is 2. The quantitative estimate of drug-likeness (QED) is 0.892. The average molecular weight is 327 g/mol. The van der Waals surface area contributed by atoms with Gasteiger partial charge < -0.3 is 10.4 Å². The van der Waals surface area contributed by atoms with Gasteiger partial charge in [0.05, 0.1) is 0 Å². The van der Waals surface area contributed by atoms with Gasteiger partial charge >= 0.3 is 0 Å². The molecule has 1 aromatic rings. The van der Waals surface area contributed by atoms with Crippen LogP contribution in [-0.4, -0.2) is 36.2 Å². The highest BCUT2D eigenvalue weighted by molar-refractivity contribution is 9.10. The number of hydrogen-bond acceptors (Lipinski definition) is 3. The van der Waals surface area contributed by atoms with Crippen molar-refractivity contribution in [1.29, 1.82) is 0 Å². The van der Waals surface area contributed by atoms with Gasteiger partial charge in [-0.1, -0.05) is 29.8 Å². The van der Waals surface area contributed by atoms with Crippen molar-refractivity contribution in [1.82, 2.24) is 10.2 Å². The molecule has 1 aliphatic heterocycles. The fourth-order valence-electron chi connectivity index (χ4n) is 2.70. The van der Waals surface area contributed by atoms with Crippen molar-refractivity contribution >= 4 is 15.9 Å². The van der Waals surface area contributed by atoms with Gasteiger partial charge in [-0.25, -0.2) is 0 Å². The second-order valence-corrected chi connectivity index (χ2v) is 6.49. The van der Waals surface area contributed by atoms with E-state index in [-0.39, 0.29) is 0 Å². The van der Waals surface area contributed by atoms with Gasteiger partial charge in [0.2, 0.25) is 0 Å². The molecular weight excluding hydrogens is 304 g/mol. The van der Waals surface area contributed by atoms with Gasteiger partial charge in [0.25, 0.3) is 0 Å². The highest BCUT2D eigenvalue weighted by Crippen LogP contribution is 2.35. The normalized spacial score (nSPS) is 18.7. The highest BCUT2D eigenvalue weighted by Gasteiger charge is 2.24. The number of aromatic hydroxyl groups is 1. The molecule has 0 spiro atoms. The number of nitrogens with zero attached hydrogens (tertiary/aromatic N) is 1. The van der Waals surface area contributed by atoms with Crippen molar-refractivity contribution in [3.05, 3.63) is 28.2 Å². The topological polar surface area (TPSA) is 35.5 Å². The van der Waals surface area contributed by atoms with E-state index in [1.165, 1.54) is 5.56 Å². The number of phenols is 1. The fraction of sp³-hybridized carbons (Fsp3) is 0.600. The summed E-state index contributed by atoms with van der Waals surface area (Å²) in [6.45, 7) is 8.74. The summed E-state index contributed by atoms with van der Waals surface area (Å²) in [6, 6.07) is 5.96. The standard InChI is InChI=1S/C15H23BrN2O/c1-11(2)9-15(18-7-5-17-6-8-18)13-10-12(19)3-4-14(13)16/h3-4,10-11,15,17,19H,5-9H2,1-2H3/t15-/m1/s1. The highest BCUT2D eigenvalue weighted by atomic mass is 79.9. The summed E-state index contributed by atoms with van der Waals surface area (Å²) in [6.07, 6.45) is 1.11. The minimum absolute atomic E-state index is 0.349. The van der Waals surface area contributed by atoms with Crippen molar-refractivity contribution in [3.63, 3.8) is 0 Å². The van der Waals surface area contributed by atoms with Gasteiger partial charge in [-0.2, -0.15) is 0 Å². The van der Waals surface area contributed by atoms with Crippen LogP contribution in [0.5, 0.6) is 5.75 Å². The van der Waals surface area contributed by atoms with Crippen molar-refractivity contribution < 1.29 is 5.11 Å². The van der Waals surface area contributed by atoms with Gasteiger partial charge in [-0.05, 0) is 36.1 Å². The molecule has 0 bridgehead atoms. The van der Waals surface area contributed by atoms with Crippen LogP contribution >= 0.6 is 15.9 Å². The summed E-state index contributed by atoms with van der Waals surface area (Å²) >= 11 is 3.63. The molecule has 0 amide bonds. The maximum atomic E-state index is 9.77. The third kappa shape index (κ3) is 3.94. The Morgan fingerprint density at radius 1 is 1.32 bits per heavy atom. The maximum Gasteiger partial charge on any atom is 0.115 e. The van der Waals surface area contributed by atoms with E-state index in [0.29, 0.717) is 17.7 Å². The fourth-order valence-corrected chi connectivity index (χ4v) is 3.21. The van der Waals surface area contributed by atoms with Gasteiger partial charge in [0, 0.05) is 36.7 Å². The molecule has 0 aliphatic carbocycles. The summed E-state index contributed by atoms with van der Waals surface area (Å²) in [7, 11) is 0. The summed E-state index contributed by atoms with van der Waals surface area (Å²) in [5.74, 6) is 0.983. The van der Waals surface area contributed by atoms with Gasteiger partial charge in [0.15, 0.2) is 0 Å². The second kappa shape index (κ2) is 6.73. The molecule has 2 rings (SSSR count). The molecule has 0 saturated carbocycles. The Morgan fingerprint density at radius 3 is 2.63 bits per heavy atom. The first-order chi connectivity index (χ1) is 9.08. The lowest BCUT2D eigenvalue weighted by molar-refractivity contribution is 0.153. The van der Waals surface area contributed by atoms with Crippen LogP contribution in [0, 0.1) is 5.92 Å². The Labute approximate surface area is 124 Å². The van der Waals surface area contributed by atoms with Crippen molar-refractivity contribution in [3.8, 4) is 5.75 Å². The Kier molecular flexibility index (Phi) is 5.25. The van der Waals surface area contributed by atoms with E-state index in [1.54, 1.807) is 6.07 Å². The van der Waals surface area contributed by atoms with Gasteiger partial charge in [0.1, 0.15) is 5.75 Å².